The lowest BCUT2D eigenvalue weighted by Gasteiger charge is -2.23. The fraction of sp³-hybridized carbons (Fsp3) is 0.391. The molecule has 4 rings (SSSR count). The summed E-state index contributed by atoms with van der Waals surface area (Å²) in [6.45, 7) is 2.10. The second-order valence-electron chi connectivity index (χ2n) is 8.44. The Kier molecular flexibility index (Phi) is 6.44. The largest absolute Gasteiger partial charge is 0.339 e. The van der Waals surface area contributed by atoms with Crippen molar-refractivity contribution in [2.75, 3.05) is 16.6 Å². The van der Waals surface area contributed by atoms with Crippen molar-refractivity contribution in [2.24, 2.45) is 5.92 Å². The predicted molar refractivity (Wildman–Crippen MR) is 124 cm³/mol. The number of para-hydroxylation sites is 1. The van der Waals surface area contributed by atoms with Crippen LogP contribution in [0.15, 0.2) is 47.4 Å². The van der Waals surface area contributed by atoms with E-state index in [4.69, 9.17) is 11.6 Å². The third kappa shape index (κ3) is 4.76. The summed E-state index contributed by atoms with van der Waals surface area (Å²) >= 11 is 6.09. The van der Waals surface area contributed by atoms with Crippen LogP contribution < -0.4 is 10.0 Å². The average Bonchev–Trinajstić information content (AvgIpc) is 3.40. The molecule has 0 aromatic heterocycles. The van der Waals surface area contributed by atoms with Crippen LogP contribution in [0.1, 0.15) is 37.7 Å². The van der Waals surface area contributed by atoms with Crippen LogP contribution in [0.4, 0.5) is 11.4 Å². The molecule has 32 heavy (non-hydrogen) atoms. The van der Waals surface area contributed by atoms with Gasteiger partial charge in [-0.15, -0.1) is 0 Å². The van der Waals surface area contributed by atoms with E-state index in [0.29, 0.717) is 17.8 Å². The van der Waals surface area contributed by atoms with Crippen molar-refractivity contribution in [1.29, 1.82) is 0 Å². The summed E-state index contributed by atoms with van der Waals surface area (Å²) in [5.74, 6) is -0.691. The Labute approximate surface area is 193 Å². The van der Waals surface area contributed by atoms with Crippen LogP contribution >= 0.6 is 11.6 Å². The Balaban J connectivity index is 1.48. The summed E-state index contributed by atoms with van der Waals surface area (Å²) in [5, 5.41) is 3.08. The van der Waals surface area contributed by atoms with Gasteiger partial charge in [0.2, 0.25) is 11.8 Å². The summed E-state index contributed by atoms with van der Waals surface area (Å²) < 4.78 is 28.4. The summed E-state index contributed by atoms with van der Waals surface area (Å²) in [4.78, 5) is 27.1. The molecule has 1 heterocycles. The molecule has 1 saturated heterocycles. The molecule has 170 valence electrons. The SMILES string of the molecule is Cc1ccc(NC(=O)C2CC(=O)N(C3CCCC3)C2)cc1S(=O)(=O)Nc1ccccc1Cl. The van der Waals surface area contributed by atoms with Crippen molar-refractivity contribution in [2.45, 2.75) is 50.0 Å². The van der Waals surface area contributed by atoms with Gasteiger partial charge in [0.05, 0.1) is 21.5 Å². The molecule has 1 saturated carbocycles. The van der Waals surface area contributed by atoms with Crippen LogP contribution in [0, 0.1) is 12.8 Å². The molecule has 2 aromatic rings. The van der Waals surface area contributed by atoms with E-state index in [-0.39, 0.29) is 39.9 Å². The lowest BCUT2D eigenvalue weighted by Crippen LogP contribution is -2.35. The Hall–Kier alpha value is -2.58. The molecule has 0 bridgehead atoms. The van der Waals surface area contributed by atoms with Gasteiger partial charge in [0, 0.05) is 24.7 Å². The normalized spacial score (nSPS) is 19.4. The van der Waals surface area contributed by atoms with Crippen molar-refractivity contribution in [3.05, 3.63) is 53.1 Å². The first kappa shape index (κ1) is 22.6. The number of anilines is 2. The van der Waals surface area contributed by atoms with Crippen molar-refractivity contribution in [3.8, 4) is 0 Å². The summed E-state index contributed by atoms with van der Waals surface area (Å²) in [6.07, 6.45) is 4.42. The van der Waals surface area contributed by atoms with Gasteiger partial charge in [-0.25, -0.2) is 8.42 Å². The highest BCUT2D eigenvalue weighted by Gasteiger charge is 2.38. The van der Waals surface area contributed by atoms with Gasteiger partial charge in [-0.1, -0.05) is 42.6 Å². The highest BCUT2D eigenvalue weighted by molar-refractivity contribution is 7.92. The van der Waals surface area contributed by atoms with E-state index in [1.807, 2.05) is 4.90 Å². The fourth-order valence-electron chi connectivity index (χ4n) is 4.43. The first-order chi connectivity index (χ1) is 15.2. The molecule has 7 nitrogen and oxygen atoms in total. The average molecular weight is 476 g/mol. The van der Waals surface area contributed by atoms with Gasteiger partial charge in [-0.3, -0.25) is 14.3 Å². The van der Waals surface area contributed by atoms with E-state index < -0.39 is 15.9 Å². The van der Waals surface area contributed by atoms with Gasteiger partial charge in [0.25, 0.3) is 10.0 Å². The fourth-order valence-corrected chi connectivity index (χ4v) is 6.02. The lowest BCUT2D eigenvalue weighted by atomic mass is 10.1. The number of sulfonamides is 1. The Morgan fingerprint density at radius 1 is 1.12 bits per heavy atom. The summed E-state index contributed by atoms with van der Waals surface area (Å²) in [6, 6.07) is 11.5. The van der Waals surface area contributed by atoms with Crippen molar-refractivity contribution >= 4 is 44.8 Å². The molecular weight excluding hydrogens is 450 g/mol. The van der Waals surface area contributed by atoms with Crippen LogP contribution in [0.5, 0.6) is 0 Å². The smallest absolute Gasteiger partial charge is 0.262 e. The van der Waals surface area contributed by atoms with Crippen LogP contribution in [-0.4, -0.2) is 37.7 Å². The second kappa shape index (κ2) is 9.11. The monoisotopic (exact) mass is 475 g/mol. The van der Waals surface area contributed by atoms with E-state index in [1.54, 1.807) is 43.3 Å². The molecule has 9 heteroatoms. The van der Waals surface area contributed by atoms with Gasteiger partial charge in [0.1, 0.15) is 0 Å². The molecule has 2 N–H and O–H groups in total. The molecule has 0 radical (unpaired) electrons. The number of carbonyl (C=O) groups is 2. The summed E-state index contributed by atoms with van der Waals surface area (Å²) in [5.41, 5.74) is 1.18. The first-order valence-corrected chi connectivity index (χ1v) is 12.6. The molecule has 2 amide bonds. The van der Waals surface area contributed by atoms with E-state index in [0.717, 1.165) is 25.7 Å². The highest BCUT2D eigenvalue weighted by atomic mass is 35.5. The van der Waals surface area contributed by atoms with Crippen molar-refractivity contribution in [1.82, 2.24) is 4.90 Å². The molecule has 2 aromatic carbocycles. The van der Waals surface area contributed by atoms with Crippen LogP contribution in [0.25, 0.3) is 0 Å². The van der Waals surface area contributed by atoms with E-state index in [2.05, 4.69) is 10.0 Å². The number of aryl methyl sites for hydroxylation is 1. The number of rotatable bonds is 6. The minimum Gasteiger partial charge on any atom is -0.339 e. The number of amides is 2. The summed E-state index contributed by atoms with van der Waals surface area (Å²) in [7, 11) is -3.92. The number of hydrogen-bond donors (Lipinski definition) is 2. The Morgan fingerprint density at radius 2 is 1.84 bits per heavy atom. The maximum Gasteiger partial charge on any atom is 0.262 e. The maximum absolute atomic E-state index is 13.0. The number of likely N-dealkylation sites (tertiary alicyclic amines) is 1. The Morgan fingerprint density at radius 3 is 2.56 bits per heavy atom. The minimum atomic E-state index is -3.92. The van der Waals surface area contributed by atoms with Crippen molar-refractivity contribution in [3.63, 3.8) is 0 Å². The van der Waals surface area contributed by atoms with Gasteiger partial charge in [0.15, 0.2) is 0 Å². The van der Waals surface area contributed by atoms with Crippen molar-refractivity contribution < 1.29 is 18.0 Å². The van der Waals surface area contributed by atoms with E-state index in [1.165, 1.54) is 6.07 Å². The number of nitrogens with zero attached hydrogens (tertiary/aromatic N) is 1. The standard InChI is InChI=1S/C23H26ClN3O4S/c1-15-10-11-17(13-21(15)32(30,31)26-20-9-5-4-8-19(20)24)25-23(29)16-12-22(28)27(14-16)18-6-2-3-7-18/h4-5,8-11,13,16,18,26H,2-3,6-7,12,14H2,1H3,(H,25,29). The predicted octanol–water partition coefficient (Wildman–Crippen LogP) is 4.18. The number of carbonyl (C=O) groups excluding carboxylic acids is 2. The molecular formula is C23H26ClN3O4S. The van der Waals surface area contributed by atoms with Crippen LogP contribution in [-0.2, 0) is 19.6 Å². The first-order valence-electron chi connectivity index (χ1n) is 10.7. The highest BCUT2D eigenvalue weighted by Crippen LogP contribution is 2.31. The third-order valence-corrected chi connectivity index (χ3v) is 8.00. The van der Waals surface area contributed by atoms with Gasteiger partial charge >= 0.3 is 0 Å². The van der Waals surface area contributed by atoms with Gasteiger partial charge in [-0.2, -0.15) is 0 Å². The zero-order valence-electron chi connectivity index (χ0n) is 17.8. The van der Waals surface area contributed by atoms with Gasteiger partial charge in [-0.05, 0) is 49.6 Å². The lowest BCUT2D eigenvalue weighted by molar-refractivity contribution is -0.129. The number of benzene rings is 2. The Bertz CT molecular complexity index is 1150. The molecule has 1 atom stereocenters. The second-order valence-corrected chi connectivity index (χ2v) is 10.5. The third-order valence-electron chi connectivity index (χ3n) is 6.16. The number of halogens is 1. The zero-order valence-corrected chi connectivity index (χ0v) is 19.4. The van der Waals surface area contributed by atoms with E-state index >= 15 is 0 Å². The minimum absolute atomic E-state index is 0.0214. The van der Waals surface area contributed by atoms with Gasteiger partial charge < -0.3 is 10.2 Å². The molecule has 1 aliphatic heterocycles. The maximum atomic E-state index is 13.0. The molecule has 2 fully saturated rings. The zero-order chi connectivity index (χ0) is 22.9. The number of hydrogen-bond acceptors (Lipinski definition) is 4. The van der Waals surface area contributed by atoms with Crippen LogP contribution in [0.2, 0.25) is 5.02 Å². The topological polar surface area (TPSA) is 95.6 Å². The molecule has 0 spiro atoms. The van der Waals surface area contributed by atoms with Crippen LogP contribution in [0.3, 0.4) is 0 Å². The molecule has 1 unspecified atom stereocenters. The molecule has 1 aliphatic carbocycles. The quantitative estimate of drug-likeness (QED) is 0.655. The molecule has 2 aliphatic rings. The number of nitrogens with one attached hydrogen (secondary N) is 2. The van der Waals surface area contributed by atoms with E-state index in [9.17, 15) is 18.0 Å².